The quantitative estimate of drug-likeness (QED) is 0.672. The minimum Gasteiger partial charge on any atom is -0.378 e. The number of anilines is 2. The van der Waals surface area contributed by atoms with Gasteiger partial charge in [0.25, 0.3) is 10.0 Å². The number of benzene rings is 2. The largest absolute Gasteiger partial charge is 0.378 e. The molecule has 0 aliphatic carbocycles. The summed E-state index contributed by atoms with van der Waals surface area (Å²) in [5.41, 5.74) is 2.38. The van der Waals surface area contributed by atoms with Crippen molar-refractivity contribution in [3.63, 3.8) is 0 Å². The summed E-state index contributed by atoms with van der Waals surface area (Å²) in [6.45, 7) is 4.34. The fourth-order valence-electron chi connectivity index (χ4n) is 3.16. The Hall–Kier alpha value is -2.71. The SMILES string of the molecule is Cc1ccc(S(=O)(=O)N(C)c2nc3ccccc3nc2N2CCOCC2)cc1. The number of hydrogen-bond acceptors (Lipinski definition) is 6. The van der Waals surface area contributed by atoms with Gasteiger partial charge in [0, 0.05) is 20.1 Å². The number of nitrogens with zero attached hydrogens (tertiary/aromatic N) is 4. The lowest BCUT2D eigenvalue weighted by Gasteiger charge is -2.31. The van der Waals surface area contributed by atoms with Crippen LogP contribution in [0.25, 0.3) is 11.0 Å². The minimum absolute atomic E-state index is 0.225. The van der Waals surface area contributed by atoms with Gasteiger partial charge in [0.05, 0.1) is 29.1 Å². The Balaban J connectivity index is 1.84. The van der Waals surface area contributed by atoms with E-state index in [1.54, 1.807) is 24.3 Å². The zero-order valence-corrected chi connectivity index (χ0v) is 16.7. The van der Waals surface area contributed by atoms with Crippen molar-refractivity contribution in [1.82, 2.24) is 9.97 Å². The highest BCUT2D eigenvalue weighted by Crippen LogP contribution is 2.31. The molecule has 146 valence electrons. The van der Waals surface area contributed by atoms with Gasteiger partial charge in [0.2, 0.25) is 0 Å². The highest BCUT2D eigenvalue weighted by Gasteiger charge is 2.28. The molecule has 0 saturated carbocycles. The van der Waals surface area contributed by atoms with Crippen LogP contribution in [-0.2, 0) is 14.8 Å². The van der Waals surface area contributed by atoms with Gasteiger partial charge in [-0.15, -0.1) is 0 Å². The lowest BCUT2D eigenvalue weighted by molar-refractivity contribution is 0.122. The molecule has 8 heteroatoms. The van der Waals surface area contributed by atoms with E-state index in [4.69, 9.17) is 9.72 Å². The Morgan fingerprint density at radius 3 is 2.21 bits per heavy atom. The maximum atomic E-state index is 13.2. The second-order valence-electron chi connectivity index (χ2n) is 6.74. The van der Waals surface area contributed by atoms with E-state index in [1.165, 1.54) is 11.4 Å². The van der Waals surface area contributed by atoms with Gasteiger partial charge in [-0.05, 0) is 31.2 Å². The summed E-state index contributed by atoms with van der Waals surface area (Å²) >= 11 is 0. The average molecular weight is 398 g/mol. The van der Waals surface area contributed by atoms with E-state index in [0.29, 0.717) is 43.5 Å². The first-order chi connectivity index (χ1) is 13.5. The smallest absolute Gasteiger partial charge is 0.265 e. The average Bonchev–Trinajstić information content (AvgIpc) is 2.73. The van der Waals surface area contributed by atoms with Gasteiger partial charge >= 0.3 is 0 Å². The molecule has 4 rings (SSSR count). The highest BCUT2D eigenvalue weighted by molar-refractivity contribution is 7.92. The topological polar surface area (TPSA) is 75.6 Å². The fraction of sp³-hybridized carbons (Fsp3) is 0.300. The van der Waals surface area contributed by atoms with Crippen molar-refractivity contribution >= 4 is 32.7 Å². The molecule has 1 fully saturated rings. The van der Waals surface area contributed by atoms with Gasteiger partial charge in [0.15, 0.2) is 11.6 Å². The van der Waals surface area contributed by atoms with Crippen LogP contribution in [0.1, 0.15) is 5.56 Å². The zero-order valence-electron chi connectivity index (χ0n) is 15.9. The van der Waals surface area contributed by atoms with Crippen LogP contribution in [0.3, 0.4) is 0 Å². The first-order valence-electron chi connectivity index (χ1n) is 9.12. The van der Waals surface area contributed by atoms with E-state index in [9.17, 15) is 8.42 Å². The molecule has 0 N–H and O–H groups in total. The zero-order chi connectivity index (χ0) is 19.7. The summed E-state index contributed by atoms with van der Waals surface area (Å²) in [6.07, 6.45) is 0. The monoisotopic (exact) mass is 398 g/mol. The third-order valence-corrected chi connectivity index (χ3v) is 6.58. The fourth-order valence-corrected chi connectivity index (χ4v) is 4.31. The van der Waals surface area contributed by atoms with Crippen molar-refractivity contribution < 1.29 is 13.2 Å². The summed E-state index contributed by atoms with van der Waals surface area (Å²) in [5.74, 6) is 0.876. The highest BCUT2D eigenvalue weighted by atomic mass is 32.2. The molecule has 1 aliphatic rings. The minimum atomic E-state index is -3.77. The van der Waals surface area contributed by atoms with Crippen LogP contribution in [0.2, 0.25) is 0 Å². The van der Waals surface area contributed by atoms with E-state index < -0.39 is 10.0 Å². The molecule has 1 saturated heterocycles. The number of hydrogen-bond donors (Lipinski definition) is 0. The molecule has 2 aromatic carbocycles. The lowest BCUT2D eigenvalue weighted by atomic mass is 10.2. The molecule has 3 aromatic rings. The standard InChI is InChI=1S/C20H22N4O3S/c1-15-7-9-16(10-8-15)28(25,26)23(2)19-20(24-11-13-27-14-12-24)22-18-6-4-3-5-17(18)21-19/h3-10H,11-14H2,1-2H3. The van der Waals surface area contributed by atoms with Crippen LogP contribution in [0.15, 0.2) is 53.4 Å². The molecule has 1 aliphatic heterocycles. The van der Waals surface area contributed by atoms with Gasteiger partial charge in [-0.1, -0.05) is 29.8 Å². The van der Waals surface area contributed by atoms with Crippen LogP contribution in [0, 0.1) is 6.92 Å². The predicted molar refractivity (Wildman–Crippen MR) is 109 cm³/mol. The molecule has 0 radical (unpaired) electrons. The van der Waals surface area contributed by atoms with Crippen molar-refractivity contribution in [3.8, 4) is 0 Å². The Kier molecular flexibility index (Phi) is 4.91. The van der Waals surface area contributed by atoms with Gasteiger partial charge < -0.3 is 9.64 Å². The first-order valence-corrected chi connectivity index (χ1v) is 10.6. The number of fused-ring (bicyclic) bond motifs is 1. The Bertz CT molecular complexity index is 1090. The molecule has 0 bridgehead atoms. The maximum Gasteiger partial charge on any atom is 0.265 e. The van der Waals surface area contributed by atoms with Crippen molar-refractivity contribution in [1.29, 1.82) is 0 Å². The molecule has 2 heterocycles. The molecule has 28 heavy (non-hydrogen) atoms. The molecular weight excluding hydrogens is 376 g/mol. The molecular formula is C20H22N4O3S. The maximum absolute atomic E-state index is 13.2. The lowest BCUT2D eigenvalue weighted by Crippen LogP contribution is -2.39. The molecule has 1 aromatic heterocycles. The summed E-state index contributed by atoms with van der Waals surface area (Å²) in [4.78, 5) is 11.7. The molecule has 0 unspecified atom stereocenters. The molecule has 0 amide bonds. The molecule has 0 spiro atoms. The number of ether oxygens (including phenoxy) is 1. The van der Waals surface area contributed by atoms with E-state index in [-0.39, 0.29) is 4.90 Å². The van der Waals surface area contributed by atoms with Crippen molar-refractivity contribution in [2.75, 3.05) is 42.6 Å². The Morgan fingerprint density at radius 2 is 1.57 bits per heavy atom. The van der Waals surface area contributed by atoms with E-state index in [0.717, 1.165) is 11.1 Å². The van der Waals surface area contributed by atoms with Gasteiger partial charge in [0.1, 0.15) is 0 Å². The van der Waals surface area contributed by atoms with Gasteiger partial charge in [-0.3, -0.25) is 0 Å². The summed E-state index contributed by atoms with van der Waals surface area (Å²) < 4.78 is 33.1. The number of para-hydroxylation sites is 2. The van der Waals surface area contributed by atoms with Crippen molar-refractivity contribution in [2.24, 2.45) is 0 Å². The van der Waals surface area contributed by atoms with Crippen LogP contribution in [-0.4, -0.2) is 51.7 Å². The second-order valence-corrected chi connectivity index (χ2v) is 8.71. The summed E-state index contributed by atoms with van der Waals surface area (Å²) in [5, 5.41) is 0. The number of morpholine rings is 1. The van der Waals surface area contributed by atoms with Crippen LogP contribution < -0.4 is 9.21 Å². The normalized spacial score (nSPS) is 15.0. The van der Waals surface area contributed by atoms with Crippen molar-refractivity contribution in [3.05, 3.63) is 54.1 Å². The number of sulfonamides is 1. The Labute approximate surface area is 164 Å². The number of aryl methyl sites for hydroxylation is 1. The van der Waals surface area contributed by atoms with Crippen LogP contribution in [0.5, 0.6) is 0 Å². The Morgan fingerprint density at radius 1 is 0.964 bits per heavy atom. The molecule has 7 nitrogen and oxygen atoms in total. The van der Waals surface area contributed by atoms with Crippen LogP contribution in [0.4, 0.5) is 11.6 Å². The van der Waals surface area contributed by atoms with Gasteiger partial charge in [-0.2, -0.15) is 0 Å². The number of rotatable bonds is 4. The third kappa shape index (κ3) is 3.41. The van der Waals surface area contributed by atoms with Gasteiger partial charge in [-0.25, -0.2) is 22.7 Å². The van der Waals surface area contributed by atoms with E-state index in [1.807, 2.05) is 36.1 Å². The summed E-state index contributed by atoms with van der Waals surface area (Å²) in [7, 11) is -2.24. The van der Waals surface area contributed by atoms with Crippen molar-refractivity contribution in [2.45, 2.75) is 11.8 Å². The summed E-state index contributed by atoms with van der Waals surface area (Å²) in [6, 6.07) is 14.3. The predicted octanol–water partition coefficient (Wildman–Crippen LogP) is 2.60. The number of aromatic nitrogens is 2. The molecule has 0 atom stereocenters. The van der Waals surface area contributed by atoms with E-state index >= 15 is 0 Å². The van der Waals surface area contributed by atoms with E-state index in [2.05, 4.69) is 4.98 Å². The second kappa shape index (κ2) is 7.37. The van der Waals surface area contributed by atoms with Crippen LogP contribution >= 0.6 is 0 Å². The first kappa shape index (κ1) is 18.6. The third-order valence-electron chi connectivity index (χ3n) is 4.82.